The minimum Gasteiger partial charge on any atom is -0.392 e. The van der Waals surface area contributed by atoms with Crippen molar-refractivity contribution in [3.63, 3.8) is 0 Å². The van der Waals surface area contributed by atoms with E-state index in [1.807, 2.05) is 0 Å². The molecule has 0 heterocycles. The van der Waals surface area contributed by atoms with Crippen LogP contribution in [0.25, 0.3) is 0 Å². The predicted molar refractivity (Wildman–Crippen MR) is 61.8 cm³/mol. The van der Waals surface area contributed by atoms with E-state index in [2.05, 4.69) is 5.32 Å². The van der Waals surface area contributed by atoms with Gasteiger partial charge in [0.2, 0.25) is 0 Å². The molecule has 0 spiro atoms. The van der Waals surface area contributed by atoms with Gasteiger partial charge in [0.25, 0.3) is 0 Å². The lowest BCUT2D eigenvalue weighted by Crippen LogP contribution is -2.24. The quantitative estimate of drug-likeness (QED) is 0.580. The maximum absolute atomic E-state index is 13.6. The summed E-state index contributed by atoms with van der Waals surface area (Å²) < 4.78 is 13.6. The zero-order valence-corrected chi connectivity index (χ0v) is 9.73. The molecule has 0 saturated heterocycles. The molecular weight excluding hydrogens is 225 g/mol. The first kappa shape index (κ1) is 14.1. The van der Waals surface area contributed by atoms with Crippen LogP contribution in [0.15, 0.2) is 18.2 Å². The topological polar surface area (TPSA) is 72.7 Å². The van der Waals surface area contributed by atoms with Crippen LogP contribution in [0.5, 0.6) is 0 Å². The third-order valence-electron chi connectivity index (χ3n) is 2.62. The molecule has 0 saturated carbocycles. The molecule has 0 aliphatic heterocycles. The molecule has 17 heavy (non-hydrogen) atoms. The Kier molecular flexibility index (Phi) is 5.50. The smallest absolute Gasteiger partial charge is 0.129 e. The first-order valence-electron chi connectivity index (χ1n) is 5.50. The van der Waals surface area contributed by atoms with Crippen LogP contribution in [-0.4, -0.2) is 35.0 Å². The van der Waals surface area contributed by atoms with Crippen molar-refractivity contribution in [1.29, 1.82) is 0 Å². The second kappa shape index (κ2) is 6.66. The number of aliphatic hydroxyl groups excluding tert-OH is 3. The minimum atomic E-state index is -1.25. The zero-order chi connectivity index (χ0) is 12.8. The van der Waals surface area contributed by atoms with E-state index in [-0.39, 0.29) is 12.2 Å². The number of nitrogens with one attached hydrogen (secondary N) is 1. The molecule has 96 valence electrons. The highest BCUT2D eigenvalue weighted by Crippen LogP contribution is 2.22. The molecule has 0 aliphatic carbocycles. The summed E-state index contributed by atoms with van der Waals surface area (Å²) in [5.41, 5.74) is 0.481. The van der Waals surface area contributed by atoms with Gasteiger partial charge in [0, 0.05) is 5.56 Å². The van der Waals surface area contributed by atoms with Gasteiger partial charge in [0.1, 0.15) is 11.9 Å². The van der Waals surface area contributed by atoms with Gasteiger partial charge in [-0.05, 0) is 31.6 Å². The van der Waals surface area contributed by atoms with Gasteiger partial charge in [-0.1, -0.05) is 12.1 Å². The van der Waals surface area contributed by atoms with Crippen molar-refractivity contribution in [3.8, 4) is 0 Å². The summed E-state index contributed by atoms with van der Waals surface area (Å²) in [6.45, 7) is 0.282. The van der Waals surface area contributed by atoms with Gasteiger partial charge in [-0.3, -0.25) is 0 Å². The highest BCUT2D eigenvalue weighted by molar-refractivity contribution is 5.26. The molecule has 2 unspecified atom stereocenters. The fraction of sp³-hybridized carbons (Fsp3) is 0.500. The fourth-order valence-corrected chi connectivity index (χ4v) is 1.57. The average Bonchev–Trinajstić information content (AvgIpc) is 2.34. The van der Waals surface area contributed by atoms with E-state index < -0.39 is 18.0 Å². The van der Waals surface area contributed by atoms with Crippen molar-refractivity contribution >= 4 is 0 Å². The second-order valence-corrected chi connectivity index (χ2v) is 3.92. The van der Waals surface area contributed by atoms with Crippen LogP contribution in [0, 0.1) is 5.82 Å². The molecule has 1 aromatic rings. The maximum Gasteiger partial charge on any atom is 0.129 e. The van der Waals surface area contributed by atoms with Crippen LogP contribution in [0.2, 0.25) is 0 Å². The molecule has 4 nitrogen and oxygen atoms in total. The summed E-state index contributed by atoms with van der Waals surface area (Å²) in [5.74, 6) is -0.618. The third kappa shape index (κ3) is 3.74. The number of rotatable bonds is 6. The second-order valence-electron chi connectivity index (χ2n) is 3.92. The van der Waals surface area contributed by atoms with E-state index >= 15 is 0 Å². The molecule has 0 fully saturated rings. The molecule has 0 bridgehead atoms. The predicted octanol–water partition coefficient (Wildman–Crippen LogP) is 0.322. The van der Waals surface area contributed by atoms with E-state index in [4.69, 9.17) is 5.11 Å². The molecule has 1 aromatic carbocycles. The molecule has 5 heteroatoms. The van der Waals surface area contributed by atoms with Crippen LogP contribution < -0.4 is 5.32 Å². The molecule has 0 aromatic heterocycles. The minimum absolute atomic E-state index is 0.0470. The Balaban J connectivity index is 2.77. The lowest BCUT2D eigenvalue weighted by atomic mass is 10.00. The molecule has 0 amide bonds. The van der Waals surface area contributed by atoms with E-state index in [0.29, 0.717) is 18.5 Å². The van der Waals surface area contributed by atoms with E-state index in [1.165, 1.54) is 12.1 Å². The van der Waals surface area contributed by atoms with Crippen LogP contribution >= 0.6 is 0 Å². The summed E-state index contributed by atoms with van der Waals surface area (Å²) in [5, 5.41) is 31.1. The van der Waals surface area contributed by atoms with Crippen molar-refractivity contribution in [3.05, 3.63) is 35.1 Å². The maximum atomic E-state index is 13.6. The standard InChI is InChI=1S/C12H18FNO3/c1-14-5-4-11(16)12(17)9-3-2-8(7-15)6-10(9)13/h2-3,6,11-12,14-17H,4-5,7H2,1H3. The average molecular weight is 243 g/mol. The number of hydrogen-bond acceptors (Lipinski definition) is 4. The van der Waals surface area contributed by atoms with Crippen molar-refractivity contribution in [2.24, 2.45) is 0 Å². The van der Waals surface area contributed by atoms with E-state index in [0.717, 1.165) is 6.07 Å². The summed E-state index contributed by atoms with van der Waals surface area (Å²) in [6.07, 6.45) is -1.94. The summed E-state index contributed by atoms with van der Waals surface area (Å²) in [6, 6.07) is 4.06. The number of benzene rings is 1. The number of hydrogen-bond donors (Lipinski definition) is 4. The van der Waals surface area contributed by atoms with Gasteiger partial charge < -0.3 is 20.6 Å². The monoisotopic (exact) mass is 243 g/mol. The SMILES string of the molecule is CNCCC(O)C(O)c1ccc(CO)cc1F. The largest absolute Gasteiger partial charge is 0.392 e. The lowest BCUT2D eigenvalue weighted by molar-refractivity contribution is 0.0120. The first-order chi connectivity index (χ1) is 8.10. The fourth-order valence-electron chi connectivity index (χ4n) is 1.57. The third-order valence-corrected chi connectivity index (χ3v) is 2.62. The Morgan fingerprint density at radius 2 is 2.06 bits per heavy atom. The highest BCUT2D eigenvalue weighted by Gasteiger charge is 2.21. The molecule has 2 atom stereocenters. The Hall–Kier alpha value is -1.01. The van der Waals surface area contributed by atoms with Gasteiger partial charge >= 0.3 is 0 Å². The molecule has 4 N–H and O–H groups in total. The lowest BCUT2D eigenvalue weighted by Gasteiger charge is -2.18. The van der Waals surface area contributed by atoms with Gasteiger partial charge in [0.15, 0.2) is 0 Å². The molecule has 1 rings (SSSR count). The first-order valence-corrected chi connectivity index (χ1v) is 5.50. The van der Waals surface area contributed by atoms with Gasteiger partial charge in [-0.25, -0.2) is 4.39 Å². The summed E-state index contributed by atoms with van der Waals surface area (Å²) >= 11 is 0. The summed E-state index contributed by atoms with van der Waals surface area (Å²) in [7, 11) is 1.73. The Morgan fingerprint density at radius 1 is 1.35 bits per heavy atom. The number of halogens is 1. The Bertz CT molecular complexity index is 360. The normalized spacial score (nSPS) is 14.6. The van der Waals surface area contributed by atoms with Crippen LogP contribution in [0.1, 0.15) is 23.7 Å². The van der Waals surface area contributed by atoms with Crippen molar-refractivity contribution in [2.75, 3.05) is 13.6 Å². The zero-order valence-electron chi connectivity index (χ0n) is 9.73. The Labute approximate surface area is 99.7 Å². The van der Waals surface area contributed by atoms with Crippen LogP contribution in [0.4, 0.5) is 4.39 Å². The number of aliphatic hydroxyl groups is 3. The molecular formula is C12H18FNO3. The van der Waals surface area contributed by atoms with Gasteiger partial charge in [-0.15, -0.1) is 0 Å². The molecule has 0 aliphatic rings. The molecule has 0 radical (unpaired) electrons. The van der Waals surface area contributed by atoms with Gasteiger partial charge in [0.05, 0.1) is 12.7 Å². The van der Waals surface area contributed by atoms with Crippen molar-refractivity contribution < 1.29 is 19.7 Å². The van der Waals surface area contributed by atoms with Crippen LogP contribution in [-0.2, 0) is 6.61 Å². The van der Waals surface area contributed by atoms with Crippen molar-refractivity contribution in [2.45, 2.75) is 25.2 Å². The highest BCUT2D eigenvalue weighted by atomic mass is 19.1. The summed E-state index contributed by atoms with van der Waals surface area (Å²) in [4.78, 5) is 0. The van der Waals surface area contributed by atoms with Crippen molar-refractivity contribution in [1.82, 2.24) is 5.32 Å². The van der Waals surface area contributed by atoms with Crippen LogP contribution in [0.3, 0.4) is 0 Å². The van der Waals surface area contributed by atoms with E-state index in [9.17, 15) is 14.6 Å². The van der Waals surface area contributed by atoms with Gasteiger partial charge in [-0.2, -0.15) is 0 Å². The Morgan fingerprint density at radius 3 is 2.59 bits per heavy atom. The van der Waals surface area contributed by atoms with E-state index in [1.54, 1.807) is 7.05 Å².